The molecule has 0 spiro atoms. The molecule has 0 bridgehead atoms. The van der Waals surface area contributed by atoms with Crippen LogP contribution in [-0.2, 0) is 16.1 Å². The van der Waals surface area contributed by atoms with Crippen molar-refractivity contribution in [2.45, 2.75) is 19.6 Å². The highest BCUT2D eigenvalue weighted by atomic mass is 16.5. The Hall–Kier alpha value is -2.89. The van der Waals surface area contributed by atoms with Crippen LogP contribution in [0.15, 0.2) is 48.7 Å². The molecule has 0 saturated carbocycles. The lowest BCUT2D eigenvalue weighted by molar-refractivity contribution is -0.128. The van der Waals surface area contributed by atoms with Gasteiger partial charge in [-0.25, -0.2) is 0 Å². The van der Waals surface area contributed by atoms with Crippen LogP contribution in [0.2, 0.25) is 0 Å². The fraction of sp³-hybridized carbons (Fsp3) is 0.235. The number of rotatable bonds is 4. The summed E-state index contributed by atoms with van der Waals surface area (Å²) in [4.78, 5) is 30.1. The second-order valence-electron chi connectivity index (χ2n) is 5.25. The van der Waals surface area contributed by atoms with E-state index in [1.54, 1.807) is 25.3 Å². The molecule has 1 aliphatic rings. The standard InChI is InChI=1S/C17H17N3O3/c1-12-17(22)20(14-7-2-3-8-15(14)23-12)11-16(21)19-10-13-6-4-5-9-18-13/h2-9,12H,10-11H2,1H3,(H,19,21). The van der Waals surface area contributed by atoms with Crippen molar-refractivity contribution >= 4 is 17.5 Å². The summed E-state index contributed by atoms with van der Waals surface area (Å²) in [7, 11) is 0. The molecule has 118 valence electrons. The predicted molar refractivity (Wildman–Crippen MR) is 85.0 cm³/mol. The van der Waals surface area contributed by atoms with Gasteiger partial charge in [-0.3, -0.25) is 19.5 Å². The molecule has 2 amide bonds. The van der Waals surface area contributed by atoms with E-state index in [1.807, 2.05) is 30.3 Å². The first-order chi connectivity index (χ1) is 11.1. The van der Waals surface area contributed by atoms with Gasteiger partial charge in [0.1, 0.15) is 12.3 Å². The van der Waals surface area contributed by atoms with Gasteiger partial charge >= 0.3 is 0 Å². The van der Waals surface area contributed by atoms with Crippen LogP contribution in [0, 0.1) is 0 Å². The van der Waals surface area contributed by atoms with E-state index in [-0.39, 0.29) is 18.4 Å². The molecule has 1 aromatic carbocycles. The third-order valence-corrected chi connectivity index (χ3v) is 3.57. The summed E-state index contributed by atoms with van der Waals surface area (Å²) in [5, 5.41) is 2.78. The number of pyridine rings is 1. The largest absolute Gasteiger partial charge is 0.479 e. The van der Waals surface area contributed by atoms with E-state index >= 15 is 0 Å². The van der Waals surface area contributed by atoms with Gasteiger partial charge in [0.25, 0.3) is 5.91 Å². The summed E-state index contributed by atoms with van der Waals surface area (Å²) in [5.74, 6) is 0.140. The Labute approximate surface area is 134 Å². The van der Waals surface area contributed by atoms with Gasteiger partial charge in [-0.2, -0.15) is 0 Å². The zero-order valence-corrected chi connectivity index (χ0v) is 12.7. The number of anilines is 1. The Morgan fingerprint density at radius 3 is 2.83 bits per heavy atom. The number of carbonyl (C=O) groups excluding carboxylic acids is 2. The molecular formula is C17H17N3O3. The molecule has 6 nitrogen and oxygen atoms in total. The smallest absolute Gasteiger partial charge is 0.268 e. The minimum absolute atomic E-state index is 0.0453. The summed E-state index contributed by atoms with van der Waals surface area (Å²) in [5.41, 5.74) is 1.38. The third kappa shape index (κ3) is 3.31. The van der Waals surface area contributed by atoms with Crippen LogP contribution in [-0.4, -0.2) is 29.4 Å². The van der Waals surface area contributed by atoms with Gasteiger partial charge in [-0.15, -0.1) is 0 Å². The fourth-order valence-corrected chi connectivity index (χ4v) is 2.41. The van der Waals surface area contributed by atoms with E-state index in [0.717, 1.165) is 5.69 Å². The van der Waals surface area contributed by atoms with Crippen molar-refractivity contribution in [3.05, 3.63) is 54.4 Å². The van der Waals surface area contributed by atoms with Crippen LogP contribution in [0.3, 0.4) is 0 Å². The first-order valence-corrected chi connectivity index (χ1v) is 7.39. The van der Waals surface area contributed by atoms with E-state index in [9.17, 15) is 9.59 Å². The van der Waals surface area contributed by atoms with E-state index < -0.39 is 6.10 Å². The van der Waals surface area contributed by atoms with Crippen molar-refractivity contribution in [3.8, 4) is 5.75 Å². The number of amides is 2. The van der Waals surface area contributed by atoms with Gasteiger partial charge in [0.05, 0.1) is 17.9 Å². The normalized spacial score (nSPS) is 16.5. The van der Waals surface area contributed by atoms with Crippen LogP contribution in [0.4, 0.5) is 5.69 Å². The lowest BCUT2D eigenvalue weighted by Crippen LogP contribution is -2.48. The SMILES string of the molecule is CC1Oc2ccccc2N(CC(=O)NCc2ccccn2)C1=O. The molecule has 0 aliphatic carbocycles. The Morgan fingerprint density at radius 1 is 1.26 bits per heavy atom. The highest BCUT2D eigenvalue weighted by Crippen LogP contribution is 2.33. The number of fused-ring (bicyclic) bond motifs is 1. The number of benzene rings is 1. The van der Waals surface area contributed by atoms with Gasteiger partial charge in [-0.05, 0) is 31.2 Å². The first kappa shape index (κ1) is 15.0. The van der Waals surface area contributed by atoms with Crippen LogP contribution in [0.25, 0.3) is 0 Å². The van der Waals surface area contributed by atoms with E-state index in [0.29, 0.717) is 18.0 Å². The first-order valence-electron chi connectivity index (χ1n) is 7.39. The van der Waals surface area contributed by atoms with Crippen LogP contribution < -0.4 is 15.0 Å². The molecule has 1 unspecified atom stereocenters. The zero-order chi connectivity index (χ0) is 16.2. The molecule has 0 radical (unpaired) electrons. The minimum Gasteiger partial charge on any atom is -0.479 e. The molecule has 1 N–H and O–H groups in total. The molecule has 3 rings (SSSR count). The summed E-state index contributed by atoms with van der Waals surface area (Å²) >= 11 is 0. The lowest BCUT2D eigenvalue weighted by Gasteiger charge is -2.32. The molecular weight excluding hydrogens is 294 g/mol. The molecule has 0 fully saturated rings. The average molecular weight is 311 g/mol. The van der Waals surface area contributed by atoms with E-state index in [1.165, 1.54) is 4.90 Å². The van der Waals surface area contributed by atoms with Gasteiger partial charge in [0.15, 0.2) is 6.10 Å². The van der Waals surface area contributed by atoms with Gasteiger partial charge < -0.3 is 10.1 Å². The van der Waals surface area contributed by atoms with Crippen molar-refractivity contribution in [1.29, 1.82) is 0 Å². The number of nitrogens with one attached hydrogen (secondary N) is 1. The second kappa shape index (κ2) is 6.48. The molecule has 2 aromatic rings. The quantitative estimate of drug-likeness (QED) is 0.929. The van der Waals surface area contributed by atoms with E-state index in [4.69, 9.17) is 4.74 Å². The molecule has 1 aliphatic heterocycles. The molecule has 0 saturated heterocycles. The predicted octanol–water partition coefficient (Wildman–Crippen LogP) is 1.51. The Kier molecular flexibility index (Phi) is 4.23. The molecule has 6 heteroatoms. The molecule has 23 heavy (non-hydrogen) atoms. The van der Waals surface area contributed by atoms with Crippen molar-refractivity contribution in [3.63, 3.8) is 0 Å². The molecule has 2 heterocycles. The van der Waals surface area contributed by atoms with Crippen LogP contribution in [0.1, 0.15) is 12.6 Å². The summed E-state index contributed by atoms with van der Waals surface area (Å²) in [6.07, 6.45) is 1.07. The monoisotopic (exact) mass is 311 g/mol. The molecule has 1 aromatic heterocycles. The Balaban J connectivity index is 1.69. The van der Waals surface area contributed by atoms with Crippen LogP contribution >= 0.6 is 0 Å². The third-order valence-electron chi connectivity index (χ3n) is 3.57. The lowest BCUT2D eigenvalue weighted by atomic mass is 10.2. The second-order valence-corrected chi connectivity index (χ2v) is 5.25. The number of para-hydroxylation sites is 2. The zero-order valence-electron chi connectivity index (χ0n) is 12.7. The number of nitrogens with zero attached hydrogens (tertiary/aromatic N) is 2. The number of carbonyl (C=O) groups is 2. The fourth-order valence-electron chi connectivity index (χ4n) is 2.41. The van der Waals surface area contributed by atoms with Gasteiger partial charge in [0.2, 0.25) is 5.91 Å². The van der Waals surface area contributed by atoms with Crippen molar-refractivity contribution < 1.29 is 14.3 Å². The highest BCUT2D eigenvalue weighted by Gasteiger charge is 2.32. The van der Waals surface area contributed by atoms with Crippen LogP contribution in [0.5, 0.6) is 5.75 Å². The average Bonchev–Trinajstić information content (AvgIpc) is 2.58. The minimum atomic E-state index is -0.603. The summed E-state index contributed by atoms with van der Waals surface area (Å²) in [6, 6.07) is 12.7. The highest BCUT2D eigenvalue weighted by molar-refractivity contribution is 6.03. The number of hydrogen-bond acceptors (Lipinski definition) is 4. The van der Waals surface area contributed by atoms with Gasteiger partial charge in [0, 0.05) is 6.20 Å². The molecule has 1 atom stereocenters. The Bertz CT molecular complexity index is 718. The maximum atomic E-state index is 12.3. The van der Waals surface area contributed by atoms with Crippen molar-refractivity contribution in [2.75, 3.05) is 11.4 Å². The maximum Gasteiger partial charge on any atom is 0.268 e. The van der Waals surface area contributed by atoms with Gasteiger partial charge in [-0.1, -0.05) is 18.2 Å². The van der Waals surface area contributed by atoms with Crippen molar-refractivity contribution in [2.24, 2.45) is 0 Å². The number of hydrogen-bond donors (Lipinski definition) is 1. The van der Waals surface area contributed by atoms with E-state index in [2.05, 4.69) is 10.3 Å². The summed E-state index contributed by atoms with van der Waals surface area (Å²) < 4.78 is 5.55. The van der Waals surface area contributed by atoms with Crippen molar-refractivity contribution in [1.82, 2.24) is 10.3 Å². The topological polar surface area (TPSA) is 71.5 Å². The Morgan fingerprint density at radius 2 is 2.04 bits per heavy atom. The number of aromatic nitrogens is 1. The summed E-state index contributed by atoms with van der Waals surface area (Å²) in [6.45, 7) is 1.96. The maximum absolute atomic E-state index is 12.3. The number of ether oxygens (including phenoxy) is 1.